The Hall–Kier alpha value is -0.570. The Bertz CT molecular complexity index is 352. The fraction of sp³-hybridized carbons (Fsp3) is 0.364. The molecular formula is C11H13Cl2NO. The molecule has 0 unspecified atom stereocenters. The molecule has 4 heteroatoms. The van der Waals surface area contributed by atoms with Crippen molar-refractivity contribution in [2.75, 3.05) is 13.1 Å². The van der Waals surface area contributed by atoms with Gasteiger partial charge < -0.3 is 5.32 Å². The van der Waals surface area contributed by atoms with E-state index in [0.29, 0.717) is 23.0 Å². The van der Waals surface area contributed by atoms with Gasteiger partial charge >= 0.3 is 0 Å². The molecule has 0 heterocycles. The minimum Gasteiger partial charge on any atom is -0.310 e. The number of halogens is 2. The van der Waals surface area contributed by atoms with E-state index in [9.17, 15) is 4.79 Å². The van der Waals surface area contributed by atoms with Gasteiger partial charge in [0.05, 0.1) is 16.6 Å². The van der Waals surface area contributed by atoms with Crippen LogP contribution in [-0.2, 0) is 11.2 Å². The molecule has 82 valence electrons. The highest BCUT2D eigenvalue weighted by molar-refractivity contribution is 6.42. The Labute approximate surface area is 99.6 Å². The average molecular weight is 246 g/mol. The van der Waals surface area contributed by atoms with E-state index in [1.807, 2.05) is 13.0 Å². The first-order valence-electron chi connectivity index (χ1n) is 4.79. The lowest BCUT2D eigenvalue weighted by Gasteiger charge is -2.03. The number of hydrogen-bond donors (Lipinski definition) is 1. The summed E-state index contributed by atoms with van der Waals surface area (Å²) in [6, 6.07) is 5.26. The minimum atomic E-state index is 0.148. The number of likely N-dealkylation sites (N-methyl/N-ethyl adjacent to an activating group) is 1. The monoisotopic (exact) mass is 245 g/mol. The highest BCUT2D eigenvalue weighted by Gasteiger charge is 2.04. The molecular weight excluding hydrogens is 233 g/mol. The van der Waals surface area contributed by atoms with Crippen molar-refractivity contribution < 1.29 is 4.79 Å². The van der Waals surface area contributed by atoms with Crippen molar-refractivity contribution in [1.82, 2.24) is 5.32 Å². The van der Waals surface area contributed by atoms with Crippen molar-refractivity contribution in [3.63, 3.8) is 0 Å². The first kappa shape index (κ1) is 12.5. The summed E-state index contributed by atoms with van der Waals surface area (Å²) in [4.78, 5) is 11.4. The average Bonchev–Trinajstić information content (AvgIpc) is 2.20. The van der Waals surface area contributed by atoms with Gasteiger partial charge in [-0.05, 0) is 24.2 Å². The Kier molecular flexibility index (Phi) is 5.09. The van der Waals surface area contributed by atoms with Crippen LogP contribution < -0.4 is 5.32 Å². The third-order valence-corrected chi connectivity index (χ3v) is 2.70. The van der Waals surface area contributed by atoms with Crippen LogP contribution in [0, 0.1) is 0 Å². The van der Waals surface area contributed by atoms with E-state index >= 15 is 0 Å². The van der Waals surface area contributed by atoms with E-state index in [-0.39, 0.29) is 5.78 Å². The Morgan fingerprint density at radius 3 is 2.67 bits per heavy atom. The second-order valence-electron chi connectivity index (χ2n) is 3.24. The van der Waals surface area contributed by atoms with Crippen LogP contribution in [0.25, 0.3) is 0 Å². The van der Waals surface area contributed by atoms with Crippen LogP contribution in [-0.4, -0.2) is 18.9 Å². The van der Waals surface area contributed by atoms with Crippen molar-refractivity contribution in [2.24, 2.45) is 0 Å². The summed E-state index contributed by atoms with van der Waals surface area (Å²) < 4.78 is 0. The van der Waals surface area contributed by atoms with E-state index < -0.39 is 0 Å². The summed E-state index contributed by atoms with van der Waals surface area (Å²) in [5.74, 6) is 0.148. The molecule has 0 aromatic heterocycles. The van der Waals surface area contributed by atoms with Crippen LogP contribution in [0.15, 0.2) is 18.2 Å². The number of Topliss-reactive ketones (excluding diaryl/α,β-unsaturated/α-hetero) is 1. The topological polar surface area (TPSA) is 29.1 Å². The van der Waals surface area contributed by atoms with Gasteiger partial charge in [-0.3, -0.25) is 4.79 Å². The van der Waals surface area contributed by atoms with Crippen LogP contribution in [0.5, 0.6) is 0 Å². The van der Waals surface area contributed by atoms with Gasteiger partial charge in [0.2, 0.25) is 0 Å². The largest absolute Gasteiger partial charge is 0.310 e. The first-order chi connectivity index (χ1) is 7.13. The fourth-order valence-electron chi connectivity index (χ4n) is 1.20. The molecule has 1 aromatic carbocycles. The van der Waals surface area contributed by atoms with Crippen LogP contribution in [0.1, 0.15) is 12.5 Å². The van der Waals surface area contributed by atoms with Crippen LogP contribution in [0.2, 0.25) is 10.0 Å². The number of carbonyl (C=O) groups excluding carboxylic acids is 1. The number of benzene rings is 1. The van der Waals surface area contributed by atoms with Crippen molar-refractivity contribution in [3.05, 3.63) is 33.8 Å². The lowest BCUT2D eigenvalue weighted by atomic mass is 10.1. The lowest BCUT2D eigenvalue weighted by Crippen LogP contribution is -2.23. The summed E-state index contributed by atoms with van der Waals surface area (Å²) >= 11 is 11.6. The van der Waals surface area contributed by atoms with Gasteiger partial charge in [-0.2, -0.15) is 0 Å². The van der Waals surface area contributed by atoms with Gasteiger partial charge in [-0.15, -0.1) is 0 Å². The number of ketones is 1. The molecule has 0 aliphatic heterocycles. The Morgan fingerprint density at radius 1 is 1.33 bits per heavy atom. The molecule has 1 N–H and O–H groups in total. The third-order valence-electron chi connectivity index (χ3n) is 1.96. The van der Waals surface area contributed by atoms with Gasteiger partial charge in [0.15, 0.2) is 5.78 Å². The number of hydrogen-bond acceptors (Lipinski definition) is 2. The number of rotatable bonds is 5. The number of carbonyl (C=O) groups is 1. The predicted octanol–water partition coefficient (Wildman–Crippen LogP) is 2.71. The Morgan fingerprint density at radius 2 is 2.07 bits per heavy atom. The molecule has 1 rings (SSSR count). The van der Waals surface area contributed by atoms with E-state index in [0.717, 1.165) is 12.1 Å². The molecule has 15 heavy (non-hydrogen) atoms. The summed E-state index contributed by atoms with van der Waals surface area (Å²) in [6.45, 7) is 3.16. The summed E-state index contributed by atoms with van der Waals surface area (Å²) in [5.41, 5.74) is 0.896. The molecule has 0 bridgehead atoms. The van der Waals surface area contributed by atoms with E-state index in [1.165, 1.54) is 0 Å². The SMILES string of the molecule is CCNCC(=O)Cc1ccc(Cl)c(Cl)c1. The van der Waals surface area contributed by atoms with Crippen LogP contribution in [0.4, 0.5) is 0 Å². The minimum absolute atomic E-state index is 0.148. The highest BCUT2D eigenvalue weighted by atomic mass is 35.5. The van der Waals surface area contributed by atoms with Crippen molar-refractivity contribution >= 4 is 29.0 Å². The summed E-state index contributed by atoms with van der Waals surface area (Å²) in [6.07, 6.45) is 0.393. The van der Waals surface area contributed by atoms with E-state index in [2.05, 4.69) is 5.32 Å². The molecule has 1 aromatic rings. The zero-order valence-corrected chi connectivity index (χ0v) is 10.0. The highest BCUT2D eigenvalue weighted by Crippen LogP contribution is 2.22. The quantitative estimate of drug-likeness (QED) is 0.865. The molecule has 0 radical (unpaired) electrons. The lowest BCUT2D eigenvalue weighted by molar-refractivity contribution is -0.117. The number of nitrogens with one attached hydrogen (secondary N) is 1. The third kappa shape index (κ3) is 4.20. The molecule has 2 nitrogen and oxygen atoms in total. The van der Waals surface area contributed by atoms with E-state index in [1.54, 1.807) is 12.1 Å². The Balaban J connectivity index is 2.57. The molecule has 0 spiro atoms. The second kappa shape index (κ2) is 6.11. The second-order valence-corrected chi connectivity index (χ2v) is 4.06. The fourth-order valence-corrected chi connectivity index (χ4v) is 1.52. The summed E-state index contributed by atoms with van der Waals surface area (Å²) in [7, 11) is 0. The van der Waals surface area contributed by atoms with Crippen molar-refractivity contribution in [1.29, 1.82) is 0 Å². The molecule has 0 fully saturated rings. The molecule has 0 aliphatic rings. The molecule has 0 atom stereocenters. The van der Waals surface area contributed by atoms with Crippen LogP contribution >= 0.6 is 23.2 Å². The molecule has 0 saturated heterocycles. The van der Waals surface area contributed by atoms with Crippen molar-refractivity contribution in [2.45, 2.75) is 13.3 Å². The van der Waals surface area contributed by atoms with E-state index in [4.69, 9.17) is 23.2 Å². The van der Waals surface area contributed by atoms with Gasteiger partial charge in [0, 0.05) is 6.42 Å². The standard InChI is InChI=1S/C11H13Cl2NO/c1-2-14-7-9(15)5-8-3-4-10(12)11(13)6-8/h3-4,6,14H,2,5,7H2,1H3. The van der Waals surface area contributed by atoms with Crippen LogP contribution in [0.3, 0.4) is 0 Å². The van der Waals surface area contributed by atoms with Gasteiger partial charge in [-0.1, -0.05) is 36.2 Å². The molecule has 0 saturated carbocycles. The zero-order chi connectivity index (χ0) is 11.3. The smallest absolute Gasteiger partial charge is 0.150 e. The van der Waals surface area contributed by atoms with Gasteiger partial charge in [-0.25, -0.2) is 0 Å². The molecule has 0 amide bonds. The van der Waals surface area contributed by atoms with Crippen molar-refractivity contribution in [3.8, 4) is 0 Å². The zero-order valence-electron chi connectivity index (χ0n) is 8.52. The maximum Gasteiger partial charge on any atom is 0.150 e. The maximum atomic E-state index is 11.4. The predicted molar refractivity (Wildman–Crippen MR) is 63.7 cm³/mol. The summed E-state index contributed by atoms with van der Waals surface area (Å²) in [5, 5.41) is 3.99. The van der Waals surface area contributed by atoms with Gasteiger partial charge in [0.25, 0.3) is 0 Å². The normalized spacial score (nSPS) is 10.3. The first-order valence-corrected chi connectivity index (χ1v) is 5.55. The maximum absolute atomic E-state index is 11.4. The van der Waals surface area contributed by atoms with Gasteiger partial charge in [0.1, 0.15) is 0 Å². The molecule has 0 aliphatic carbocycles.